The van der Waals surface area contributed by atoms with E-state index < -0.39 is 5.60 Å². The first-order valence-corrected chi connectivity index (χ1v) is 8.78. The van der Waals surface area contributed by atoms with Crippen molar-refractivity contribution in [1.82, 2.24) is 10.6 Å². The van der Waals surface area contributed by atoms with Crippen molar-refractivity contribution in [2.75, 3.05) is 6.54 Å². The fourth-order valence-electron chi connectivity index (χ4n) is 3.63. The average Bonchev–Trinajstić information content (AvgIpc) is 2.98. The summed E-state index contributed by atoms with van der Waals surface area (Å²) < 4.78 is 0. The zero-order valence-corrected chi connectivity index (χ0v) is 13.7. The molecule has 0 aromatic rings. The normalized spacial score (nSPS) is 32.0. The minimum absolute atomic E-state index is 0.0766. The highest BCUT2D eigenvalue weighted by atomic mass is 16.3. The molecule has 1 atom stereocenters. The number of aliphatic hydroxyl groups is 1. The van der Waals surface area contributed by atoms with Crippen LogP contribution in [0.25, 0.3) is 0 Å². The first kappa shape index (κ1) is 16.8. The van der Waals surface area contributed by atoms with Crippen molar-refractivity contribution in [3.63, 3.8) is 0 Å². The Morgan fingerprint density at radius 3 is 2.43 bits per heavy atom. The first-order chi connectivity index (χ1) is 10.0. The van der Waals surface area contributed by atoms with E-state index in [9.17, 15) is 9.90 Å². The van der Waals surface area contributed by atoms with Crippen LogP contribution in [0, 0.1) is 5.92 Å². The molecule has 2 fully saturated rings. The van der Waals surface area contributed by atoms with Gasteiger partial charge in [-0.25, -0.2) is 0 Å². The lowest BCUT2D eigenvalue weighted by Gasteiger charge is -2.36. The van der Waals surface area contributed by atoms with Gasteiger partial charge in [0.1, 0.15) is 0 Å². The third-order valence-electron chi connectivity index (χ3n) is 5.45. The van der Waals surface area contributed by atoms with Crippen LogP contribution >= 0.6 is 0 Å². The standard InChI is InChI=1S/C17H32N2O2/c1-3-14-8-10-17(21,11-9-14)12-18-13(2)16(20)19-15-6-4-5-7-15/h13-15,18,21H,3-12H2,1-2H3,(H,19,20). The summed E-state index contributed by atoms with van der Waals surface area (Å²) in [6.45, 7) is 4.65. The Morgan fingerprint density at radius 1 is 1.24 bits per heavy atom. The van der Waals surface area contributed by atoms with E-state index in [1.54, 1.807) is 0 Å². The molecule has 122 valence electrons. The smallest absolute Gasteiger partial charge is 0.237 e. The van der Waals surface area contributed by atoms with E-state index in [4.69, 9.17) is 0 Å². The number of carbonyl (C=O) groups is 1. The lowest BCUT2D eigenvalue weighted by Crippen LogP contribution is -2.51. The van der Waals surface area contributed by atoms with Gasteiger partial charge < -0.3 is 15.7 Å². The van der Waals surface area contributed by atoms with Gasteiger partial charge in [0.25, 0.3) is 0 Å². The highest BCUT2D eigenvalue weighted by Gasteiger charge is 2.33. The van der Waals surface area contributed by atoms with Crippen LogP contribution in [0.2, 0.25) is 0 Å². The van der Waals surface area contributed by atoms with Crippen molar-refractivity contribution in [3.8, 4) is 0 Å². The number of nitrogens with one attached hydrogen (secondary N) is 2. The molecule has 2 aliphatic carbocycles. The van der Waals surface area contributed by atoms with Gasteiger partial charge in [0, 0.05) is 12.6 Å². The minimum Gasteiger partial charge on any atom is -0.389 e. The summed E-state index contributed by atoms with van der Waals surface area (Å²) in [7, 11) is 0. The van der Waals surface area contributed by atoms with Crippen molar-refractivity contribution in [2.45, 2.75) is 89.3 Å². The molecule has 0 aromatic carbocycles. The third kappa shape index (κ3) is 4.96. The Labute approximate surface area is 129 Å². The molecule has 0 spiro atoms. The van der Waals surface area contributed by atoms with Crippen LogP contribution in [0.3, 0.4) is 0 Å². The van der Waals surface area contributed by atoms with Crippen LogP contribution in [0.1, 0.15) is 71.6 Å². The predicted molar refractivity (Wildman–Crippen MR) is 85.1 cm³/mol. The zero-order valence-electron chi connectivity index (χ0n) is 13.7. The van der Waals surface area contributed by atoms with Crippen LogP contribution in [0.5, 0.6) is 0 Å². The molecule has 4 nitrogen and oxygen atoms in total. The fourth-order valence-corrected chi connectivity index (χ4v) is 3.63. The summed E-state index contributed by atoms with van der Waals surface area (Å²) in [5.74, 6) is 0.848. The summed E-state index contributed by atoms with van der Waals surface area (Å²) in [5.41, 5.74) is -0.617. The minimum atomic E-state index is -0.617. The molecule has 1 unspecified atom stereocenters. The Kier molecular flexibility index (Phi) is 6.06. The van der Waals surface area contributed by atoms with E-state index in [1.165, 1.54) is 19.3 Å². The maximum absolute atomic E-state index is 12.1. The molecule has 0 radical (unpaired) electrons. The van der Waals surface area contributed by atoms with E-state index in [0.717, 1.165) is 44.4 Å². The summed E-state index contributed by atoms with van der Waals surface area (Å²) in [5, 5.41) is 17.0. The van der Waals surface area contributed by atoms with Crippen molar-refractivity contribution >= 4 is 5.91 Å². The number of hydrogen-bond donors (Lipinski definition) is 3. The van der Waals surface area contributed by atoms with Crippen molar-refractivity contribution < 1.29 is 9.90 Å². The van der Waals surface area contributed by atoms with E-state index in [2.05, 4.69) is 17.6 Å². The lowest BCUT2D eigenvalue weighted by molar-refractivity contribution is -0.123. The largest absolute Gasteiger partial charge is 0.389 e. The van der Waals surface area contributed by atoms with Gasteiger partial charge in [-0.05, 0) is 51.4 Å². The Hall–Kier alpha value is -0.610. The topological polar surface area (TPSA) is 61.4 Å². The third-order valence-corrected chi connectivity index (χ3v) is 5.45. The van der Waals surface area contributed by atoms with Crippen molar-refractivity contribution in [2.24, 2.45) is 5.92 Å². The molecular formula is C17H32N2O2. The highest BCUT2D eigenvalue weighted by Crippen LogP contribution is 2.33. The second-order valence-electron chi connectivity index (χ2n) is 7.17. The molecule has 2 aliphatic rings. The van der Waals surface area contributed by atoms with Gasteiger partial charge in [-0.3, -0.25) is 4.79 Å². The van der Waals surface area contributed by atoms with E-state index in [1.807, 2.05) is 6.92 Å². The van der Waals surface area contributed by atoms with Crippen LogP contribution in [0.15, 0.2) is 0 Å². The van der Waals surface area contributed by atoms with Gasteiger partial charge >= 0.3 is 0 Å². The molecular weight excluding hydrogens is 264 g/mol. The Bertz CT molecular complexity index is 332. The van der Waals surface area contributed by atoms with Crippen molar-refractivity contribution in [1.29, 1.82) is 0 Å². The monoisotopic (exact) mass is 296 g/mol. The summed E-state index contributed by atoms with van der Waals surface area (Å²) in [6, 6.07) is 0.142. The van der Waals surface area contributed by atoms with Gasteiger partial charge in [0.05, 0.1) is 11.6 Å². The summed E-state index contributed by atoms with van der Waals surface area (Å²) >= 11 is 0. The number of carbonyl (C=O) groups excluding carboxylic acids is 1. The molecule has 4 heteroatoms. The number of hydrogen-bond acceptors (Lipinski definition) is 3. The summed E-state index contributed by atoms with van der Waals surface area (Å²) in [6.07, 6.45) is 9.82. The Morgan fingerprint density at radius 2 is 1.86 bits per heavy atom. The molecule has 3 N–H and O–H groups in total. The maximum atomic E-state index is 12.1. The Balaban J connectivity index is 1.70. The van der Waals surface area contributed by atoms with Crippen LogP contribution < -0.4 is 10.6 Å². The molecule has 21 heavy (non-hydrogen) atoms. The molecule has 0 bridgehead atoms. The van der Waals surface area contributed by atoms with Crippen LogP contribution in [0.4, 0.5) is 0 Å². The average molecular weight is 296 g/mol. The van der Waals surface area contributed by atoms with Crippen LogP contribution in [-0.4, -0.2) is 35.2 Å². The van der Waals surface area contributed by atoms with Crippen molar-refractivity contribution in [3.05, 3.63) is 0 Å². The van der Waals surface area contributed by atoms with Crippen LogP contribution in [-0.2, 0) is 4.79 Å². The van der Waals surface area contributed by atoms with E-state index in [0.29, 0.717) is 12.6 Å². The van der Waals surface area contributed by atoms with Gasteiger partial charge in [0.15, 0.2) is 0 Å². The first-order valence-electron chi connectivity index (χ1n) is 8.78. The molecule has 2 saturated carbocycles. The SMILES string of the molecule is CCC1CCC(O)(CNC(C)C(=O)NC2CCCC2)CC1. The molecule has 0 heterocycles. The van der Waals surface area contributed by atoms with Gasteiger partial charge in [-0.15, -0.1) is 0 Å². The van der Waals surface area contributed by atoms with Gasteiger partial charge in [0.2, 0.25) is 5.91 Å². The predicted octanol–water partition coefficient (Wildman–Crippen LogP) is 2.35. The fraction of sp³-hybridized carbons (Fsp3) is 0.941. The second-order valence-corrected chi connectivity index (χ2v) is 7.17. The molecule has 2 rings (SSSR count). The van der Waals surface area contributed by atoms with E-state index in [-0.39, 0.29) is 11.9 Å². The number of amides is 1. The highest BCUT2D eigenvalue weighted by molar-refractivity contribution is 5.81. The molecule has 1 amide bonds. The molecule has 0 saturated heterocycles. The van der Waals surface area contributed by atoms with Gasteiger partial charge in [-0.1, -0.05) is 26.2 Å². The quantitative estimate of drug-likeness (QED) is 0.705. The lowest BCUT2D eigenvalue weighted by atomic mass is 9.78. The maximum Gasteiger partial charge on any atom is 0.237 e. The zero-order chi connectivity index (χ0) is 15.3. The van der Waals surface area contributed by atoms with E-state index >= 15 is 0 Å². The molecule has 0 aliphatic heterocycles. The summed E-state index contributed by atoms with van der Waals surface area (Å²) in [4.78, 5) is 12.1. The second kappa shape index (κ2) is 7.59. The van der Waals surface area contributed by atoms with Gasteiger partial charge in [-0.2, -0.15) is 0 Å². The molecule has 0 aromatic heterocycles. The number of rotatable bonds is 6.